The number of carboxylic acids is 3. The molecule has 0 spiro atoms. The maximum absolute atomic E-state index is 10.3. The average Bonchev–Trinajstić information content (AvgIpc) is 3.20. The van der Waals surface area contributed by atoms with Gasteiger partial charge in [-0.05, 0) is 71.8 Å². The van der Waals surface area contributed by atoms with E-state index in [9.17, 15) is 24.6 Å². The molecule has 0 aliphatic heterocycles. The fraction of sp³-hybridized carbons (Fsp3) is 0. The van der Waals surface area contributed by atoms with Gasteiger partial charge in [-0.25, -0.2) is 14.4 Å². The normalized spacial score (nSPS) is 9.50. The van der Waals surface area contributed by atoms with Crippen molar-refractivity contribution in [2.45, 2.75) is 0 Å². The summed E-state index contributed by atoms with van der Waals surface area (Å²) in [4.78, 5) is 30.8. The zero-order chi connectivity index (χ0) is 40.9. The van der Waals surface area contributed by atoms with Crippen LogP contribution in [-0.4, -0.2) is 58.8 Å². The largest absolute Gasteiger partial charge is 0.508 e. The van der Waals surface area contributed by atoms with E-state index in [1.807, 2.05) is 97.1 Å². The molecular weight excluding hydrogens is 716 g/mol. The molecule has 0 aromatic heterocycles. The van der Waals surface area contributed by atoms with E-state index in [0.717, 1.165) is 22.3 Å². The summed E-state index contributed by atoms with van der Waals surface area (Å²) in [6.07, 6.45) is 0. The van der Waals surface area contributed by atoms with Crippen molar-refractivity contribution < 1.29 is 55.2 Å². The minimum absolute atomic E-state index is 0.0671. The Balaban J connectivity index is 0.000000189. The van der Waals surface area contributed by atoms with Gasteiger partial charge in [-0.1, -0.05) is 121 Å². The minimum atomic E-state index is -1.11. The lowest BCUT2D eigenvalue weighted by molar-refractivity contribution is 0.0682. The van der Waals surface area contributed by atoms with Crippen LogP contribution in [0, 0.1) is 0 Å². The first-order valence-corrected chi connectivity index (χ1v) is 16.6. The van der Waals surface area contributed by atoms with Crippen LogP contribution in [0.2, 0.25) is 0 Å². The number of hydrogen-bond acceptors (Lipinski definition) is 8. The van der Waals surface area contributed by atoms with Crippen LogP contribution in [0.1, 0.15) is 31.1 Å². The van der Waals surface area contributed by atoms with Crippen molar-refractivity contribution in [1.29, 1.82) is 0 Å². The van der Waals surface area contributed by atoms with E-state index in [2.05, 4.69) is 0 Å². The lowest BCUT2D eigenvalue weighted by atomic mass is 10.1. The van der Waals surface area contributed by atoms with E-state index < -0.39 is 17.9 Å². The molecule has 0 radical (unpaired) electrons. The standard InChI is InChI=1S/2C12H10O.3C7H6O3/c2*13-12-9-5-4-8-11(12)10-6-2-1-3-7-10;8-6-3-1-5(2-4-6)7(9)10;2*8-6-4-2-1-3-5(6)7(9)10/h2*1-9,13H;3*1-4,8H,(H,9,10). The number of aromatic carboxylic acids is 3. The Morgan fingerprint density at radius 1 is 0.304 bits per heavy atom. The topological polar surface area (TPSA) is 213 Å². The average molecular weight is 755 g/mol. The highest BCUT2D eigenvalue weighted by Gasteiger charge is 2.07. The third-order valence-corrected chi connectivity index (χ3v) is 7.36. The summed E-state index contributed by atoms with van der Waals surface area (Å²) in [5.74, 6) is -2.88. The maximum Gasteiger partial charge on any atom is 0.339 e. The molecule has 0 atom stereocenters. The molecule has 0 unspecified atom stereocenters. The Morgan fingerprint density at radius 3 is 0.893 bits per heavy atom. The van der Waals surface area contributed by atoms with Crippen molar-refractivity contribution in [2.75, 3.05) is 0 Å². The molecule has 7 rings (SSSR count). The molecule has 56 heavy (non-hydrogen) atoms. The second-order valence-corrected chi connectivity index (χ2v) is 11.3. The molecule has 284 valence electrons. The lowest BCUT2D eigenvalue weighted by Gasteiger charge is -2.02. The molecule has 8 N–H and O–H groups in total. The van der Waals surface area contributed by atoms with Crippen LogP contribution in [0.15, 0.2) is 182 Å². The van der Waals surface area contributed by atoms with Crippen molar-refractivity contribution >= 4 is 17.9 Å². The van der Waals surface area contributed by atoms with Crippen molar-refractivity contribution in [1.82, 2.24) is 0 Å². The van der Waals surface area contributed by atoms with Gasteiger partial charge in [0.25, 0.3) is 0 Å². The summed E-state index contributed by atoms with van der Waals surface area (Å²) in [6.45, 7) is 0. The number of phenols is 5. The Kier molecular flexibility index (Phi) is 16.7. The Morgan fingerprint density at radius 2 is 0.607 bits per heavy atom. The first-order chi connectivity index (χ1) is 26.9. The summed E-state index contributed by atoms with van der Waals surface area (Å²) in [5, 5.41) is 70.9. The second-order valence-electron chi connectivity index (χ2n) is 11.3. The number of carbonyl (C=O) groups is 3. The summed E-state index contributed by atoms with van der Waals surface area (Å²) >= 11 is 0. The van der Waals surface area contributed by atoms with Crippen LogP contribution in [0.5, 0.6) is 28.7 Å². The van der Waals surface area contributed by atoms with Crippen LogP contribution < -0.4 is 0 Å². The minimum Gasteiger partial charge on any atom is -0.508 e. The quantitative estimate of drug-likeness (QED) is 0.0829. The van der Waals surface area contributed by atoms with E-state index >= 15 is 0 Å². The van der Waals surface area contributed by atoms with Gasteiger partial charge in [0, 0.05) is 11.1 Å². The highest BCUT2D eigenvalue weighted by Crippen LogP contribution is 2.29. The van der Waals surface area contributed by atoms with Gasteiger partial charge in [-0.15, -0.1) is 0 Å². The maximum atomic E-state index is 10.3. The highest BCUT2D eigenvalue weighted by molar-refractivity contribution is 5.91. The number of carboxylic acid groups (broad SMARTS) is 3. The fourth-order valence-corrected chi connectivity index (χ4v) is 4.58. The molecule has 7 aromatic carbocycles. The molecule has 0 heterocycles. The zero-order valence-corrected chi connectivity index (χ0v) is 29.6. The smallest absolute Gasteiger partial charge is 0.339 e. The predicted octanol–water partition coefficient (Wildman–Crippen LogP) is 9.39. The molecular formula is C45H38O11. The SMILES string of the molecule is O=C(O)c1ccc(O)cc1.O=C(O)c1ccccc1O.O=C(O)c1ccccc1O.Oc1ccccc1-c1ccccc1.Oc1ccccc1-c1ccccc1. The van der Waals surface area contributed by atoms with Gasteiger partial charge in [0.1, 0.15) is 39.9 Å². The lowest BCUT2D eigenvalue weighted by Crippen LogP contribution is -1.95. The monoisotopic (exact) mass is 754 g/mol. The Hall–Kier alpha value is -8.05. The van der Waals surface area contributed by atoms with E-state index in [4.69, 9.17) is 30.6 Å². The number of para-hydroxylation sites is 4. The fourth-order valence-electron chi connectivity index (χ4n) is 4.58. The summed E-state index contributed by atoms with van der Waals surface area (Å²) < 4.78 is 0. The first-order valence-electron chi connectivity index (χ1n) is 16.6. The zero-order valence-electron chi connectivity index (χ0n) is 29.6. The highest BCUT2D eigenvalue weighted by atomic mass is 16.4. The molecule has 0 bridgehead atoms. The second kappa shape index (κ2) is 22.1. The van der Waals surface area contributed by atoms with Crippen molar-refractivity contribution in [3.63, 3.8) is 0 Å². The third kappa shape index (κ3) is 13.8. The Labute approximate surface area is 322 Å². The van der Waals surface area contributed by atoms with Gasteiger partial charge in [0.05, 0.1) is 5.56 Å². The molecule has 7 aromatic rings. The molecule has 0 amide bonds. The van der Waals surface area contributed by atoms with Gasteiger partial charge in [-0.3, -0.25) is 0 Å². The summed E-state index contributed by atoms with van der Waals surface area (Å²) in [7, 11) is 0. The third-order valence-electron chi connectivity index (χ3n) is 7.36. The summed E-state index contributed by atoms with van der Waals surface area (Å²) in [5.41, 5.74) is 3.88. The molecule has 0 saturated carbocycles. The van der Waals surface area contributed by atoms with Gasteiger partial charge < -0.3 is 40.9 Å². The van der Waals surface area contributed by atoms with Crippen LogP contribution >= 0.6 is 0 Å². The Bertz CT molecular complexity index is 2150. The van der Waals surface area contributed by atoms with Gasteiger partial charge >= 0.3 is 17.9 Å². The molecule has 0 fully saturated rings. The predicted molar refractivity (Wildman–Crippen MR) is 212 cm³/mol. The van der Waals surface area contributed by atoms with Gasteiger partial charge in [0.15, 0.2) is 0 Å². The molecule has 0 saturated heterocycles. The van der Waals surface area contributed by atoms with Gasteiger partial charge in [-0.2, -0.15) is 0 Å². The van der Waals surface area contributed by atoms with Crippen LogP contribution in [-0.2, 0) is 0 Å². The van der Waals surface area contributed by atoms with E-state index in [-0.39, 0.29) is 33.9 Å². The number of hydrogen-bond donors (Lipinski definition) is 8. The van der Waals surface area contributed by atoms with E-state index in [1.54, 1.807) is 36.4 Å². The number of rotatable bonds is 5. The van der Waals surface area contributed by atoms with Gasteiger partial charge in [0.2, 0.25) is 0 Å². The first kappa shape index (κ1) is 42.4. The number of aromatic hydroxyl groups is 5. The van der Waals surface area contributed by atoms with Crippen LogP contribution in [0.4, 0.5) is 0 Å². The molecule has 0 aliphatic carbocycles. The van der Waals surface area contributed by atoms with E-state index in [1.165, 1.54) is 48.5 Å². The molecule has 11 heteroatoms. The summed E-state index contributed by atoms with van der Waals surface area (Å²) in [6, 6.07) is 51.4. The van der Waals surface area contributed by atoms with Crippen molar-refractivity contribution in [2.24, 2.45) is 0 Å². The van der Waals surface area contributed by atoms with Crippen LogP contribution in [0.3, 0.4) is 0 Å². The number of benzene rings is 7. The molecule has 0 aliphatic rings. The van der Waals surface area contributed by atoms with Crippen molar-refractivity contribution in [3.8, 4) is 51.0 Å². The molecule has 11 nitrogen and oxygen atoms in total. The number of phenolic OH excluding ortho intramolecular Hbond substituents is 3. The van der Waals surface area contributed by atoms with Crippen molar-refractivity contribution in [3.05, 3.63) is 199 Å². The van der Waals surface area contributed by atoms with Crippen LogP contribution in [0.25, 0.3) is 22.3 Å². The van der Waals surface area contributed by atoms with E-state index in [0.29, 0.717) is 11.5 Å².